The maximum atomic E-state index is 8.45. The molecule has 0 aliphatic carbocycles. The quantitative estimate of drug-likeness (QED) is 0.486. The van der Waals surface area contributed by atoms with Crippen LogP contribution in [0, 0.1) is 0 Å². The van der Waals surface area contributed by atoms with Gasteiger partial charge in [-0.25, -0.2) is 0 Å². The van der Waals surface area contributed by atoms with Crippen molar-refractivity contribution in [3.05, 3.63) is 0 Å². The van der Waals surface area contributed by atoms with Gasteiger partial charge in [0.05, 0.1) is 19.8 Å². The minimum atomic E-state index is 0.253. The Morgan fingerprint density at radius 3 is 2.17 bits per heavy atom. The summed E-state index contributed by atoms with van der Waals surface area (Å²) in [5.41, 5.74) is 0. The van der Waals surface area contributed by atoms with Gasteiger partial charge in [0.1, 0.15) is 0 Å². The van der Waals surface area contributed by atoms with E-state index in [-0.39, 0.29) is 6.61 Å². The molecule has 0 bridgehead atoms. The largest absolute Gasteiger partial charge is 0.396 e. The molecule has 0 amide bonds. The van der Waals surface area contributed by atoms with E-state index in [9.17, 15) is 0 Å². The number of aliphatic hydroxyl groups excluding tert-OH is 1. The lowest BCUT2D eigenvalue weighted by molar-refractivity contribution is 0.0513. The molecule has 0 aromatic rings. The van der Waals surface area contributed by atoms with Gasteiger partial charge in [0, 0.05) is 18.5 Å². The van der Waals surface area contributed by atoms with Crippen LogP contribution in [-0.4, -0.2) is 43.5 Å². The molecule has 0 aromatic heterocycles. The summed E-state index contributed by atoms with van der Waals surface area (Å²) >= 11 is 3.26. The molecular formula is C8H17BrO3. The summed E-state index contributed by atoms with van der Waals surface area (Å²) in [4.78, 5) is 0. The van der Waals surface area contributed by atoms with Crippen LogP contribution in [0.1, 0.15) is 12.8 Å². The normalized spacial score (nSPS) is 10.5. The van der Waals surface area contributed by atoms with Crippen molar-refractivity contribution in [1.29, 1.82) is 0 Å². The van der Waals surface area contributed by atoms with Crippen LogP contribution in [0.25, 0.3) is 0 Å². The van der Waals surface area contributed by atoms with Crippen molar-refractivity contribution in [3.63, 3.8) is 0 Å². The summed E-state index contributed by atoms with van der Waals surface area (Å²) in [6.45, 7) is 3.02. The molecule has 0 rings (SSSR count). The van der Waals surface area contributed by atoms with Crippen LogP contribution in [0.2, 0.25) is 0 Å². The van der Waals surface area contributed by atoms with Gasteiger partial charge < -0.3 is 14.6 Å². The first-order valence-electron chi connectivity index (χ1n) is 4.24. The molecule has 0 aromatic carbocycles. The fraction of sp³-hybridized carbons (Fsp3) is 1.00. The Balaban J connectivity index is 2.73. The van der Waals surface area contributed by atoms with Crippen molar-refractivity contribution in [2.24, 2.45) is 0 Å². The van der Waals surface area contributed by atoms with Gasteiger partial charge in [0.2, 0.25) is 0 Å². The molecule has 4 heteroatoms. The number of hydrogen-bond acceptors (Lipinski definition) is 3. The smallest absolute Gasteiger partial charge is 0.0700 e. The first-order chi connectivity index (χ1) is 5.91. The lowest BCUT2D eigenvalue weighted by atomic mass is 10.3. The van der Waals surface area contributed by atoms with Crippen molar-refractivity contribution in [2.75, 3.05) is 38.4 Å². The van der Waals surface area contributed by atoms with Gasteiger partial charge in [-0.2, -0.15) is 0 Å². The van der Waals surface area contributed by atoms with Crippen molar-refractivity contribution in [3.8, 4) is 0 Å². The Morgan fingerprint density at radius 1 is 0.917 bits per heavy atom. The summed E-state index contributed by atoms with van der Waals surface area (Å²) < 4.78 is 10.4. The first kappa shape index (κ1) is 12.4. The minimum absolute atomic E-state index is 0.253. The van der Waals surface area contributed by atoms with E-state index in [2.05, 4.69) is 15.9 Å². The first-order valence-corrected chi connectivity index (χ1v) is 5.36. The summed E-state index contributed by atoms with van der Waals surface area (Å²) in [6, 6.07) is 0. The second-order valence-corrected chi connectivity index (χ2v) is 3.14. The van der Waals surface area contributed by atoms with Gasteiger partial charge in [0.15, 0.2) is 0 Å². The van der Waals surface area contributed by atoms with E-state index < -0.39 is 0 Å². The van der Waals surface area contributed by atoms with E-state index >= 15 is 0 Å². The number of ether oxygens (including phenoxy) is 2. The summed E-state index contributed by atoms with van der Waals surface area (Å²) in [5.74, 6) is 0. The molecule has 0 unspecified atom stereocenters. The predicted octanol–water partition coefficient (Wildman–Crippen LogP) is 1.19. The second-order valence-electron chi connectivity index (χ2n) is 2.34. The van der Waals surface area contributed by atoms with E-state index in [1.807, 2.05) is 0 Å². The van der Waals surface area contributed by atoms with Crippen LogP contribution in [0.5, 0.6) is 0 Å². The second kappa shape index (κ2) is 11.4. The van der Waals surface area contributed by atoms with Gasteiger partial charge >= 0.3 is 0 Å². The van der Waals surface area contributed by atoms with Crippen molar-refractivity contribution in [1.82, 2.24) is 0 Å². The molecule has 3 nitrogen and oxygen atoms in total. The molecule has 0 aliphatic heterocycles. The van der Waals surface area contributed by atoms with Gasteiger partial charge in [-0.15, -0.1) is 0 Å². The number of aliphatic hydroxyl groups is 1. The molecule has 0 saturated heterocycles. The van der Waals surface area contributed by atoms with Crippen molar-refractivity contribution < 1.29 is 14.6 Å². The highest BCUT2D eigenvalue weighted by Gasteiger charge is 1.89. The minimum Gasteiger partial charge on any atom is -0.396 e. The van der Waals surface area contributed by atoms with Crippen molar-refractivity contribution >= 4 is 15.9 Å². The average molecular weight is 241 g/mol. The van der Waals surface area contributed by atoms with Gasteiger partial charge in [0.25, 0.3) is 0 Å². The summed E-state index contributed by atoms with van der Waals surface area (Å²) in [5, 5.41) is 9.33. The molecule has 0 radical (unpaired) electrons. The molecule has 0 saturated carbocycles. The Labute approximate surface area is 82.2 Å². The Bertz CT molecular complexity index is 70.7. The highest BCUT2D eigenvalue weighted by molar-refractivity contribution is 9.09. The Morgan fingerprint density at radius 2 is 1.58 bits per heavy atom. The Kier molecular flexibility index (Phi) is 11.7. The van der Waals surface area contributed by atoms with Crippen LogP contribution in [0.15, 0.2) is 0 Å². The third-order valence-corrected chi connectivity index (χ3v) is 1.61. The lowest BCUT2D eigenvalue weighted by Crippen LogP contribution is -2.06. The average Bonchev–Trinajstić information content (AvgIpc) is 2.10. The van der Waals surface area contributed by atoms with Crippen molar-refractivity contribution in [2.45, 2.75) is 12.8 Å². The molecule has 74 valence electrons. The van der Waals surface area contributed by atoms with Crippen LogP contribution in [-0.2, 0) is 9.47 Å². The maximum Gasteiger partial charge on any atom is 0.0700 e. The molecule has 0 atom stereocenters. The number of rotatable bonds is 9. The molecule has 0 fully saturated rings. The third-order valence-electron chi connectivity index (χ3n) is 1.29. The maximum absolute atomic E-state index is 8.45. The molecule has 12 heavy (non-hydrogen) atoms. The molecule has 0 spiro atoms. The standard InChI is InChI=1S/C8H17BrO3/c9-3-6-12-8-7-11-5-2-1-4-10/h10H,1-8H2. The Hall–Kier alpha value is 0.360. The SMILES string of the molecule is OCCCCOCCOCCBr. The number of unbranched alkanes of at least 4 members (excludes halogenated alkanes) is 1. The van der Waals surface area contributed by atoms with E-state index in [0.717, 1.165) is 31.4 Å². The summed E-state index contributed by atoms with van der Waals surface area (Å²) in [7, 11) is 0. The van der Waals surface area contributed by atoms with Crippen LogP contribution >= 0.6 is 15.9 Å². The van der Waals surface area contributed by atoms with Gasteiger partial charge in [-0.05, 0) is 12.8 Å². The third kappa shape index (κ3) is 10.4. The highest BCUT2D eigenvalue weighted by Crippen LogP contribution is 1.88. The molecule has 1 N–H and O–H groups in total. The van der Waals surface area contributed by atoms with E-state index in [1.165, 1.54) is 0 Å². The fourth-order valence-corrected chi connectivity index (χ4v) is 0.921. The molecule has 0 aliphatic rings. The zero-order valence-electron chi connectivity index (χ0n) is 7.30. The zero-order valence-corrected chi connectivity index (χ0v) is 8.88. The monoisotopic (exact) mass is 240 g/mol. The topological polar surface area (TPSA) is 38.7 Å². The fourth-order valence-electron chi connectivity index (χ4n) is 0.692. The van der Waals surface area contributed by atoms with Crippen LogP contribution in [0.3, 0.4) is 0 Å². The van der Waals surface area contributed by atoms with Gasteiger partial charge in [-0.1, -0.05) is 15.9 Å². The lowest BCUT2D eigenvalue weighted by Gasteiger charge is -2.03. The molecular weight excluding hydrogens is 224 g/mol. The summed E-state index contributed by atoms with van der Waals surface area (Å²) in [6.07, 6.45) is 1.75. The van der Waals surface area contributed by atoms with E-state index in [1.54, 1.807) is 0 Å². The number of alkyl halides is 1. The zero-order chi connectivity index (χ0) is 9.07. The van der Waals surface area contributed by atoms with Crippen LogP contribution < -0.4 is 0 Å². The van der Waals surface area contributed by atoms with E-state index in [0.29, 0.717) is 13.2 Å². The van der Waals surface area contributed by atoms with Crippen LogP contribution in [0.4, 0.5) is 0 Å². The van der Waals surface area contributed by atoms with Gasteiger partial charge in [-0.3, -0.25) is 0 Å². The highest BCUT2D eigenvalue weighted by atomic mass is 79.9. The van der Waals surface area contributed by atoms with E-state index in [4.69, 9.17) is 14.6 Å². The number of hydrogen-bond donors (Lipinski definition) is 1. The number of halogens is 1. The molecule has 0 heterocycles. The predicted molar refractivity (Wildman–Crippen MR) is 51.8 cm³/mol.